The molecule has 0 spiro atoms. The number of nitriles is 1. The summed E-state index contributed by atoms with van der Waals surface area (Å²) >= 11 is 0. The van der Waals surface area contributed by atoms with Crippen LogP contribution in [0.5, 0.6) is 0 Å². The molecular weight excluding hydrogens is 270 g/mol. The molecule has 2 rings (SSSR count). The Morgan fingerprint density at radius 1 is 1.62 bits per heavy atom. The van der Waals surface area contributed by atoms with E-state index in [4.69, 9.17) is 9.68 Å². The van der Waals surface area contributed by atoms with E-state index in [9.17, 15) is 9.90 Å². The Kier molecular flexibility index (Phi) is 5.78. The first-order valence-electron chi connectivity index (χ1n) is 7.26. The zero-order valence-corrected chi connectivity index (χ0v) is 12.1. The second-order valence-electron chi connectivity index (χ2n) is 5.33. The van der Waals surface area contributed by atoms with Crippen LogP contribution in [0.3, 0.4) is 0 Å². The molecule has 1 aromatic heterocycles. The third-order valence-electron chi connectivity index (χ3n) is 3.61. The lowest BCUT2D eigenvalue weighted by atomic mass is 10.1. The summed E-state index contributed by atoms with van der Waals surface area (Å²) in [5.74, 6) is 0.677. The van der Waals surface area contributed by atoms with Crippen molar-refractivity contribution in [2.45, 2.75) is 31.9 Å². The van der Waals surface area contributed by atoms with Gasteiger partial charge in [0.25, 0.3) is 0 Å². The number of likely N-dealkylation sites (tertiary alicyclic amines) is 1. The van der Waals surface area contributed by atoms with Gasteiger partial charge in [-0.25, -0.2) is 0 Å². The van der Waals surface area contributed by atoms with E-state index in [1.807, 2.05) is 11.0 Å². The Bertz CT molecular complexity index is 481. The fourth-order valence-corrected chi connectivity index (χ4v) is 2.53. The lowest BCUT2D eigenvalue weighted by Crippen LogP contribution is -2.45. The van der Waals surface area contributed by atoms with Crippen LogP contribution >= 0.6 is 0 Å². The number of hydrogen-bond acceptors (Lipinski definition) is 5. The molecule has 2 heterocycles. The number of hydrogen-bond donors (Lipinski definition) is 1. The van der Waals surface area contributed by atoms with Gasteiger partial charge >= 0.3 is 0 Å². The first-order valence-corrected chi connectivity index (χ1v) is 7.26. The Hall–Kier alpha value is -1.84. The van der Waals surface area contributed by atoms with Gasteiger partial charge in [-0.05, 0) is 31.5 Å². The fraction of sp³-hybridized carbons (Fsp3) is 0.600. The van der Waals surface area contributed by atoms with Crippen LogP contribution in [0, 0.1) is 11.3 Å². The van der Waals surface area contributed by atoms with E-state index >= 15 is 0 Å². The maximum absolute atomic E-state index is 12.4. The summed E-state index contributed by atoms with van der Waals surface area (Å²) in [6.45, 7) is 2.42. The Labute approximate surface area is 124 Å². The molecule has 6 nitrogen and oxygen atoms in total. The first-order chi connectivity index (χ1) is 10.2. The van der Waals surface area contributed by atoms with E-state index in [0.29, 0.717) is 31.8 Å². The van der Waals surface area contributed by atoms with Crippen molar-refractivity contribution in [1.82, 2.24) is 9.80 Å². The molecule has 0 bridgehead atoms. The van der Waals surface area contributed by atoms with Crippen molar-refractivity contribution in [3.63, 3.8) is 0 Å². The molecule has 1 atom stereocenters. The van der Waals surface area contributed by atoms with Gasteiger partial charge in [0.2, 0.25) is 5.91 Å². The number of nitrogens with zero attached hydrogens (tertiary/aromatic N) is 3. The first kappa shape index (κ1) is 15.5. The molecule has 6 heteroatoms. The number of furan rings is 1. The monoisotopic (exact) mass is 291 g/mol. The van der Waals surface area contributed by atoms with Crippen molar-refractivity contribution in [3.05, 3.63) is 24.2 Å². The number of aliphatic hydroxyl groups excluding tert-OH is 1. The number of aliphatic hydroxyl groups is 1. The van der Waals surface area contributed by atoms with Crippen molar-refractivity contribution in [1.29, 1.82) is 5.26 Å². The van der Waals surface area contributed by atoms with Gasteiger partial charge in [-0.3, -0.25) is 9.69 Å². The molecule has 0 radical (unpaired) electrons. The average Bonchev–Trinajstić information content (AvgIpc) is 2.96. The zero-order valence-electron chi connectivity index (χ0n) is 12.1. The second kappa shape index (κ2) is 7.81. The molecule has 21 heavy (non-hydrogen) atoms. The SMILES string of the molecule is N#CCCN(Cc1ccco1)C(=O)CN1CCC[C@@H](O)C1. The predicted octanol–water partition coefficient (Wildman–Crippen LogP) is 0.979. The molecule has 0 aromatic carbocycles. The molecular formula is C15H21N3O3. The summed E-state index contributed by atoms with van der Waals surface area (Å²) in [4.78, 5) is 16.0. The minimum atomic E-state index is -0.343. The van der Waals surface area contributed by atoms with Gasteiger partial charge in [0.05, 0.1) is 37.9 Å². The Balaban J connectivity index is 1.91. The minimum Gasteiger partial charge on any atom is -0.467 e. The topological polar surface area (TPSA) is 80.7 Å². The summed E-state index contributed by atoms with van der Waals surface area (Å²) in [6.07, 6.45) is 3.24. The molecule has 1 fully saturated rings. The van der Waals surface area contributed by atoms with E-state index in [-0.39, 0.29) is 18.6 Å². The van der Waals surface area contributed by atoms with Gasteiger partial charge in [-0.15, -0.1) is 0 Å². The number of β-amino-alcohol motifs (C(OH)–C–C–N with tert-alkyl or cyclic N) is 1. The van der Waals surface area contributed by atoms with Crippen molar-refractivity contribution in [3.8, 4) is 6.07 Å². The largest absolute Gasteiger partial charge is 0.467 e. The highest BCUT2D eigenvalue weighted by molar-refractivity contribution is 5.78. The van der Waals surface area contributed by atoms with Crippen LogP contribution in [-0.2, 0) is 11.3 Å². The Morgan fingerprint density at radius 2 is 2.48 bits per heavy atom. The van der Waals surface area contributed by atoms with Gasteiger partial charge in [-0.2, -0.15) is 5.26 Å². The normalized spacial score (nSPS) is 19.1. The average molecular weight is 291 g/mol. The second-order valence-corrected chi connectivity index (χ2v) is 5.33. The van der Waals surface area contributed by atoms with E-state index in [1.54, 1.807) is 17.2 Å². The highest BCUT2D eigenvalue weighted by Crippen LogP contribution is 2.11. The third-order valence-corrected chi connectivity index (χ3v) is 3.61. The third kappa shape index (κ3) is 4.88. The van der Waals surface area contributed by atoms with E-state index < -0.39 is 0 Å². The maximum atomic E-state index is 12.4. The van der Waals surface area contributed by atoms with Crippen LogP contribution in [0.25, 0.3) is 0 Å². The highest BCUT2D eigenvalue weighted by atomic mass is 16.3. The fourth-order valence-electron chi connectivity index (χ4n) is 2.53. The van der Waals surface area contributed by atoms with Crippen LogP contribution in [0.4, 0.5) is 0 Å². The van der Waals surface area contributed by atoms with E-state index in [2.05, 4.69) is 6.07 Å². The number of carbonyl (C=O) groups excluding carboxylic acids is 1. The molecule has 1 saturated heterocycles. The molecule has 1 amide bonds. The van der Waals surface area contributed by atoms with Crippen LogP contribution in [-0.4, -0.2) is 53.1 Å². The van der Waals surface area contributed by atoms with Gasteiger partial charge in [-0.1, -0.05) is 0 Å². The number of carbonyl (C=O) groups is 1. The van der Waals surface area contributed by atoms with Crippen molar-refractivity contribution in [2.24, 2.45) is 0 Å². The lowest BCUT2D eigenvalue weighted by molar-refractivity contribution is -0.134. The smallest absolute Gasteiger partial charge is 0.237 e. The molecule has 1 aliphatic rings. The summed E-state index contributed by atoms with van der Waals surface area (Å²) in [5.41, 5.74) is 0. The summed E-state index contributed by atoms with van der Waals surface area (Å²) in [5, 5.41) is 18.4. The van der Waals surface area contributed by atoms with E-state index in [0.717, 1.165) is 19.4 Å². The van der Waals surface area contributed by atoms with Crippen molar-refractivity contribution < 1.29 is 14.3 Å². The number of piperidine rings is 1. The maximum Gasteiger partial charge on any atom is 0.237 e. The minimum absolute atomic E-state index is 0.0317. The summed E-state index contributed by atoms with van der Waals surface area (Å²) < 4.78 is 5.27. The van der Waals surface area contributed by atoms with Crippen molar-refractivity contribution >= 4 is 5.91 Å². The molecule has 1 aliphatic heterocycles. The van der Waals surface area contributed by atoms with E-state index in [1.165, 1.54) is 0 Å². The lowest BCUT2D eigenvalue weighted by Gasteiger charge is -2.31. The quantitative estimate of drug-likeness (QED) is 0.845. The van der Waals surface area contributed by atoms with Crippen LogP contribution in [0.2, 0.25) is 0 Å². The van der Waals surface area contributed by atoms with Crippen LogP contribution in [0.1, 0.15) is 25.0 Å². The highest BCUT2D eigenvalue weighted by Gasteiger charge is 2.22. The zero-order chi connectivity index (χ0) is 15.1. The van der Waals surface area contributed by atoms with Gasteiger partial charge < -0.3 is 14.4 Å². The standard InChI is InChI=1S/C15H21N3O3/c16-6-3-8-18(11-14-5-2-9-21-14)15(20)12-17-7-1-4-13(19)10-17/h2,5,9,13,19H,1,3-4,7-8,10-12H2/t13-/m1/s1. The van der Waals surface area contributed by atoms with Gasteiger partial charge in [0.1, 0.15) is 5.76 Å². The molecule has 1 aromatic rings. The van der Waals surface area contributed by atoms with Crippen LogP contribution < -0.4 is 0 Å². The number of amides is 1. The van der Waals surface area contributed by atoms with Crippen molar-refractivity contribution in [2.75, 3.05) is 26.2 Å². The molecule has 0 aliphatic carbocycles. The van der Waals surface area contributed by atoms with Crippen LogP contribution in [0.15, 0.2) is 22.8 Å². The summed E-state index contributed by atoms with van der Waals surface area (Å²) in [6, 6.07) is 5.66. The molecule has 114 valence electrons. The van der Waals surface area contributed by atoms with Gasteiger partial charge in [0, 0.05) is 13.1 Å². The Morgan fingerprint density at radius 3 is 3.14 bits per heavy atom. The molecule has 1 N–H and O–H groups in total. The molecule has 0 saturated carbocycles. The predicted molar refractivity (Wildman–Crippen MR) is 76.0 cm³/mol. The number of rotatable bonds is 6. The molecule has 0 unspecified atom stereocenters. The van der Waals surface area contributed by atoms with Gasteiger partial charge in [0.15, 0.2) is 0 Å². The summed E-state index contributed by atoms with van der Waals surface area (Å²) in [7, 11) is 0.